The summed E-state index contributed by atoms with van der Waals surface area (Å²) in [5.41, 5.74) is 1.77. The lowest BCUT2D eigenvalue weighted by molar-refractivity contribution is -0.113. The fraction of sp³-hybridized carbons (Fsp3) is 0.259. The maximum Gasteiger partial charge on any atom is 0.270 e. The van der Waals surface area contributed by atoms with Gasteiger partial charge in [-0.3, -0.25) is 9.69 Å². The largest absolute Gasteiger partial charge is 0.494 e. The molecule has 0 saturated carbocycles. The zero-order valence-electron chi connectivity index (χ0n) is 19.0. The molecule has 0 bridgehead atoms. The first-order valence-corrected chi connectivity index (χ1v) is 12.5. The van der Waals surface area contributed by atoms with Crippen LogP contribution in [0.25, 0.3) is 16.8 Å². The quantitative estimate of drug-likeness (QED) is 0.204. The molecule has 0 unspecified atom stereocenters. The Hall–Kier alpha value is -2.67. The van der Waals surface area contributed by atoms with Crippen LogP contribution in [0.2, 0.25) is 0 Å². The summed E-state index contributed by atoms with van der Waals surface area (Å²) in [6.45, 7) is 8.17. The van der Waals surface area contributed by atoms with Crippen LogP contribution < -0.4 is 9.64 Å². The van der Waals surface area contributed by atoms with Crippen molar-refractivity contribution in [3.8, 4) is 5.75 Å². The van der Waals surface area contributed by atoms with E-state index >= 15 is 0 Å². The Morgan fingerprint density at radius 1 is 1.00 bits per heavy atom. The molecule has 0 aromatic heterocycles. The molecule has 1 heterocycles. The van der Waals surface area contributed by atoms with E-state index in [0.29, 0.717) is 15.8 Å². The van der Waals surface area contributed by atoms with Crippen molar-refractivity contribution in [1.29, 1.82) is 0 Å². The number of rotatable bonds is 9. The Balaban J connectivity index is 1.44. The lowest BCUT2D eigenvalue weighted by Crippen LogP contribution is -2.27. The first-order chi connectivity index (χ1) is 16.1. The molecule has 0 atom stereocenters. The van der Waals surface area contributed by atoms with Crippen LogP contribution >= 0.6 is 24.0 Å². The Labute approximate surface area is 205 Å². The summed E-state index contributed by atoms with van der Waals surface area (Å²) in [5, 5.41) is 2.27. The van der Waals surface area contributed by atoms with Crippen LogP contribution in [0.4, 0.5) is 5.69 Å². The van der Waals surface area contributed by atoms with Gasteiger partial charge in [0, 0.05) is 6.54 Å². The predicted octanol–water partition coefficient (Wildman–Crippen LogP) is 6.36. The number of carbonyl (C=O) groups excluding carboxylic acids is 1. The number of thioether (sulfide) groups is 1. The van der Waals surface area contributed by atoms with Crippen LogP contribution in [-0.2, 0) is 4.79 Å². The van der Waals surface area contributed by atoms with Gasteiger partial charge in [0.1, 0.15) is 5.75 Å². The second kappa shape index (κ2) is 11.0. The van der Waals surface area contributed by atoms with Gasteiger partial charge in [-0.05, 0) is 66.2 Å². The number of hydrogen-bond donors (Lipinski definition) is 0. The van der Waals surface area contributed by atoms with Gasteiger partial charge >= 0.3 is 0 Å². The zero-order chi connectivity index (χ0) is 23.2. The summed E-state index contributed by atoms with van der Waals surface area (Å²) in [4.78, 5) is 17.8. The Morgan fingerprint density at radius 3 is 2.48 bits per heavy atom. The lowest BCUT2D eigenvalue weighted by atomic mass is 10.0. The first-order valence-electron chi connectivity index (χ1n) is 11.3. The SMILES string of the molecule is CCN(CC)CCCOc1ccc(N2C(=O)C(=Cc3cccc4ccccc34)SC2=S)cc1. The molecule has 33 heavy (non-hydrogen) atoms. The van der Waals surface area contributed by atoms with E-state index in [0.717, 1.165) is 53.8 Å². The molecule has 3 aromatic carbocycles. The molecule has 0 radical (unpaired) electrons. The number of amides is 1. The number of anilines is 1. The van der Waals surface area contributed by atoms with Crippen molar-refractivity contribution in [3.63, 3.8) is 0 Å². The van der Waals surface area contributed by atoms with Gasteiger partial charge in [-0.15, -0.1) is 0 Å². The second-order valence-corrected chi connectivity index (χ2v) is 9.48. The first kappa shape index (κ1) is 23.5. The molecule has 170 valence electrons. The average molecular weight is 477 g/mol. The summed E-state index contributed by atoms with van der Waals surface area (Å²) in [7, 11) is 0. The molecule has 1 aliphatic heterocycles. The number of ether oxygens (including phenoxy) is 1. The van der Waals surface area contributed by atoms with Crippen molar-refractivity contribution in [3.05, 3.63) is 77.2 Å². The van der Waals surface area contributed by atoms with Crippen molar-refractivity contribution in [2.75, 3.05) is 31.1 Å². The fourth-order valence-electron chi connectivity index (χ4n) is 3.92. The Morgan fingerprint density at radius 2 is 1.73 bits per heavy atom. The molecule has 4 nitrogen and oxygen atoms in total. The standard InChI is InChI=1S/C27H28N2O2S2/c1-3-28(4-2)17-8-18-31-23-15-13-22(14-16-23)29-26(30)25(33-27(29)32)19-21-11-7-10-20-9-5-6-12-24(20)21/h5-7,9-16,19H,3-4,8,17-18H2,1-2H3. The summed E-state index contributed by atoms with van der Waals surface area (Å²) in [6.07, 6.45) is 2.92. The molecule has 3 aromatic rings. The fourth-order valence-corrected chi connectivity index (χ4v) is 5.21. The van der Waals surface area contributed by atoms with Gasteiger partial charge in [0.25, 0.3) is 5.91 Å². The maximum absolute atomic E-state index is 13.2. The van der Waals surface area contributed by atoms with Gasteiger partial charge in [0.2, 0.25) is 0 Å². The topological polar surface area (TPSA) is 32.8 Å². The van der Waals surface area contributed by atoms with E-state index < -0.39 is 0 Å². The van der Waals surface area contributed by atoms with Gasteiger partial charge in [0.15, 0.2) is 4.32 Å². The maximum atomic E-state index is 13.2. The van der Waals surface area contributed by atoms with Crippen LogP contribution in [0.5, 0.6) is 5.75 Å². The summed E-state index contributed by atoms with van der Waals surface area (Å²) in [5.74, 6) is 0.709. The van der Waals surface area contributed by atoms with Crippen LogP contribution in [0, 0.1) is 0 Å². The van der Waals surface area contributed by atoms with E-state index in [2.05, 4.69) is 36.9 Å². The van der Waals surface area contributed by atoms with E-state index in [1.807, 2.05) is 54.6 Å². The van der Waals surface area contributed by atoms with E-state index in [-0.39, 0.29) is 5.91 Å². The highest BCUT2D eigenvalue weighted by Gasteiger charge is 2.33. The molecule has 1 saturated heterocycles. The van der Waals surface area contributed by atoms with Gasteiger partial charge in [-0.1, -0.05) is 80.3 Å². The van der Waals surface area contributed by atoms with E-state index in [4.69, 9.17) is 17.0 Å². The van der Waals surface area contributed by atoms with E-state index in [1.165, 1.54) is 11.8 Å². The highest BCUT2D eigenvalue weighted by molar-refractivity contribution is 8.27. The number of hydrogen-bond acceptors (Lipinski definition) is 5. The summed E-state index contributed by atoms with van der Waals surface area (Å²) < 4.78 is 6.42. The van der Waals surface area contributed by atoms with Crippen molar-refractivity contribution in [1.82, 2.24) is 4.90 Å². The molecule has 4 rings (SSSR count). The third kappa shape index (κ3) is 5.46. The van der Waals surface area contributed by atoms with Gasteiger partial charge in [0.05, 0.1) is 17.2 Å². The van der Waals surface area contributed by atoms with Crippen molar-refractivity contribution in [2.24, 2.45) is 0 Å². The van der Waals surface area contributed by atoms with E-state index in [9.17, 15) is 4.79 Å². The number of fused-ring (bicyclic) bond motifs is 1. The summed E-state index contributed by atoms with van der Waals surface area (Å²) in [6, 6.07) is 21.9. The van der Waals surface area contributed by atoms with E-state index in [1.54, 1.807) is 4.90 Å². The molecule has 1 amide bonds. The molecular weight excluding hydrogens is 448 g/mol. The monoisotopic (exact) mass is 476 g/mol. The van der Waals surface area contributed by atoms with Crippen LogP contribution in [0.15, 0.2) is 71.6 Å². The minimum atomic E-state index is -0.0918. The number of benzene rings is 3. The van der Waals surface area contributed by atoms with Crippen LogP contribution in [-0.4, -0.2) is 41.4 Å². The predicted molar refractivity (Wildman–Crippen MR) is 144 cm³/mol. The smallest absolute Gasteiger partial charge is 0.270 e. The molecule has 1 fully saturated rings. The molecule has 0 spiro atoms. The van der Waals surface area contributed by atoms with Gasteiger partial charge < -0.3 is 9.64 Å². The normalized spacial score (nSPS) is 15.2. The highest BCUT2D eigenvalue weighted by atomic mass is 32.2. The number of carbonyl (C=O) groups is 1. The third-order valence-electron chi connectivity index (χ3n) is 5.78. The van der Waals surface area contributed by atoms with Crippen LogP contribution in [0.3, 0.4) is 0 Å². The third-order valence-corrected chi connectivity index (χ3v) is 7.08. The van der Waals surface area contributed by atoms with Gasteiger partial charge in [-0.2, -0.15) is 0 Å². The Kier molecular flexibility index (Phi) is 7.81. The van der Waals surface area contributed by atoms with Crippen molar-refractivity contribution < 1.29 is 9.53 Å². The summed E-state index contributed by atoms with van der Waals surface area (Å²) >= 11 is 6.89. The molecular formula is C27H28N2O2S2. The van der Waals surface area contributed by atoms with Crippen molar-refractivity contribution >= 4 is 56.7 Å². The van der Waals surface area contributed by atoms with Crippen LogP contribution in [0.1, 0.15) is 25.8 Å². The lowest BCUT2D eigenvalue weighted by Gasteiger charge is -2.18. The molecule has 0 aliphatic carbocycles. The number of thiocarbonyl (C=S) groups is 1. The van der Waals surface area contributed by atoms with Gasteiger partial charge in [-0.25, -0.2) is 0 Å². The minimum absolute atomic E-state index is 0.0918. The Bertz CT molecular complexity index is 1160. The minimum Gasteiger partial charge on any atom is -0.494 e. The molecule has 6 heteroatoms. The second-order valence-electron chi connectivity index (χ2n) is 7.81. The zero-order valence-corrected chi connectivity index (χ0v) is 20.6. The number of nitrogens with zero attached hydrogens (tertiary/aromatic N) is 2. The molecule has 0 N–H and O–H groups in total. The average Bonchev–Trinajstić information content (AvgIpc) is 3.12. The van der Waals surface area contributed by atoms with Crippen molar-refractivity contribution in [2.45, 2.75) is 20.3 Å². The molecule has 1 aliphatic rings. The highest BCUT2D eigenvalue weighted by Crippen LogP contribution is 2.37.